The number of hydrogen-bond acceptors (Lipinski definition) is 6. The van der Waals surface area contributed by atoms with Crippen molar-refractivity contribution in [1.29, 1.82) is 0 Å². The molecular weight excluding hydrogens is 564 g/mol. The number of ether oxygens (including phenoxy) is 3. The van der Waals surface area contributed by atoms with E-state index in [0.717, 1.165) is 64.2 Å². The lowest BCUT2D eigenvalue weighted by molar-refractivity contribution is -0.166. The van der Waals surface area contributed by atoms with E-state index >= 15 is 0 Å². The van der Waals surface area contributed by atoms with E-state index in [2.05, 4.69) is 38.2 Å². The van der Waals surface area contributed by atoms with Crippen molar-refractivity contribution in [3.8, 4) is 0 Å². The molecule has 6 heteroatoms. The van der Waals surface area contributed by atoms with Gasteiger partial charge in [0.2, 0.25) is 0 Å². The van der Waals surface area contributed by atoms with Crippen molar-refractivity contribution < 1.29 is 28.6 Å². The third-order valence-corrected chi connectivity index (χ3v) is 7.99. The normalized spacial score (nSPS) is 12.2. The predicted octanol–water partition coefficient (Wildman–Crippen LogP) is 11.3. The number of carbonyl (C=O) groups excluding carboxylic acids is 3. The Labute approximate surface area is 277 Å². The van der Waals surface area contributed by atoms with Crippen LogP contribution < -0.4 is 0 Å². The number of hydrogen-bond donors (Lipinski definition) is 0. The van der Waals surface area contributed by atoms with Gasteiger partial charge >= 0.3 is 17.9 Å². The van der Waals surface area contributed by atoms with Crippen LogP contribution in [0.5, 0.6) is 0 Å². The summed E-state index contributed by atoms with van der Waals surface area (Å²) in [5.74, 6) is -1.10. The molecule has 0 fully saturated rings. The van der Waals surface area contributed by atoms with Crippen LogP contribution in [0.2, 0.25) is 0 Å². The first-order chi connectivity index (χ1) is 22.0. The van der Waals surface area contributed by atoms with Crippen molar-refractivity contribution in [2.45, 2.75) is 194 Å². The van der Waals surface area contributed by atoms with E-state index in [9.17, 15) is 14.4 Å². The summed E-state index contributed by atoms with van der Waals surface area (Å²) in [5.41, 5.74) is 0. The molecule has 0 aliphatic rings. The van der Waals surface area contributed by atoms with Crippen LogP contribution in [0.3, 0.4) is 0 Å². The van der Waals surface area contributed by atoms with Gasteiger partial charge in [-0.2, -0.15) is 0 Å². The first-order valence-corrected chi connectivity index (χ1v) is 18.8. The van der Waals surface area contributed by atoms with Gasteiger partial charge in [0.25, 0.3) is 0 Å². The highest BCUT2D eigenvalue weighted by atomic mass is 16.6. The average molecular weight is 635 g/mol. The third-order valence-electron chi connectivity index (χ3n) is 7.99. The van der Waals surface area contributed by atoms with Crippen molar-refractivity contribution in [2.24, 2.45) is 0 Å². The molecule has 1 atom stereocenters. The highest BCUT2D eigenvalue weighted by molar-refractivity contribution is 5.70. The van der Waals surface area contributed by atoms with Crippen molar-refractivity contribution in [3.63, 3.8) is 0 Å². The maximum absolute atomic E-state index is 12.4. The Morgan fingerprint density at radius 1 is 0.467 bits per heavy atom. The lowest BCUT2D eigenvalue weighted by Gasteiger charge is -2.17. The third kappa shape index (κ3) is 34.6. The minimum atomic E-state index is -0.770. The quantitative estimate of drug-likeness (QED) is 0.0309. The first-order valence-electron chi connectivity index (χ1n) is 18.8. The molecule has 0 aliphatic carbocycles. The molecule has 0 heterocycles. The van der Waals surface area contributed by atoms with E-state index in [0.29, 0.717) is 12.8 Å². The summed E-state index contributed by atoms with van der Waals surface area (Å²) >= 11 is 0. The second-order valence-corrected chi connectivity index (χ2v) is 12.6. The Balaban J connectivity index is 3.89. The summed E-state index contributed by atoms with van der Waals surface area (Å²) in [5, 5.41) is 0. The van der Waals surface area contributed by atoms with Crippen LogP contribution in [0, 0.1) is 0 Å². The van der Waals surface area contributed by atoms with Crippen molar-refractivity contribution in [3.05, 3.63) is 24.3 Å². The summed E-state index contributed by atoms with van der Waals surface area (Å²) in [6.45, 7) is 5.61. The van der Waals surface area contributed by atoms with Gasteiger partial charge in [0, 0.05) is 19.8 Å². The van der Waals surface area contributed by atoms with Crippen molar-refractivity contribution in [1.82, 2.24) is 0 Å². The van der Waals surface area contributed by atoms with Gasteiger partial charge in [-0.05, 0) is 51.4 Å². The molecule has 0 rings (SSSR count). The second kappa shape index (κ2) is 34.8. The molecule has 45 heavy (non-hydrogen) atoms. The number of unbranched alkanes of at least 4 members (excludes halogenated alkanes) is 20. The van der Waals surface area contributed by atoms with Crippen LogP contribution in [0.25, 0.3) is 0 Å². The molecule has 262 valence electrons. The second-order valence-electron chi connectivity index (χ2n) is 12.6. The van der Waals surface area contributed by atoms with E-state index in [1.165, 1.54) is 96.8 Å². The molecule has 0 saturated heterocycles. The Morgan fingerprint density at radius 2 is 0.844 bits per heavy atom. The largest absolute Gasteiger partial charge is 0.462 e. The number of rotatable bonds is 33. The van der Waals surface area contributed by atoms with Gasteiger partial charge in [-0.1, -0.05) is 141 Å². The molecule has 0 spiro atoms. The Kier molecular flexibility index (Phi) is 33.1. The fourth-order valence-corrected chi connectivity index (χ4v) is 5.18. The molecule has 1 unspecified atom stereocenters. The van der Waals surface area contributed by atoms with Gasteiger partial charge in [-0.3, -0.25) is 14.4 Å². The van der Waals surface area contributed by atoms with E-state index in [-0.39, 0.29) is 25.2 Å². The van der Waals surface area contributed by atoms with Crippen LogP contribution in [-0.2, 0) is 28.6 Å². The van der Waals surface area contributed by atoms with Gasteiger partial charge in [0.05, 0.1) is 0 Å². The highest BCUT2D eigenvalue weighted by Gasteiger charge is 2.18. The molecular formula is C39H70O6. The maximum atomic E-state index is 12.4. The van der Waals surface area contributed by atoms with Crippen LogP contribution in [-0.4, -0.2) is 37.2 Å². The molecule has 0 saturated carbocycles. The number of esters is 3. The van der Waals surface area contributed by atoms with Gasteiger partial charge in [-0.25, -0.2) is 0 Å². The first kappa shape index (κ1) is 42.9. The van der Waals surface area contributed by atoms with Crippen molar-refractivity contribution >= 4 is 17.9 Å². The Morgan fingerprint density at radius 3 is 1.36 bits per heavy atom. The summed E-state index contributed by atoms with van der Waals surface area (Å²) in [7, 11) is 0. The molecule has 0 aromatic rings. The lowest BCUT2D eigenvalue weighted by atomic mass is 10.0. The molecule has 0 aliphatic heterocycles. The average Bonchev–Trinajstić information content (AvgIpc) is 3.02. The van der Waals surface area contributed by atoms with Crippen LogP contribution in [0.4, 0.5) is 0 Å². The molecule has 0 aromatic carbocycles. The molecule has 0 bridgehead atoms. The van der Waals surface area contributed by atoms with Gasteiger partial charge in [0.1, 0.15) is 13.2 Å². The molecule has 0 N–H and O–H groups in total. The lowest BCUT2D eigenvalue weighted by Crippen LogP contribution is -2.30. The van der Waals surface area contributed by atoms with Crippen LogP contribution >= 0.6 is 0 Å². The SMILES string of the molecule is CCCCC/C=C/CC/C=C/CCCCCCC(=O)OC(COC(C)=O)COC(=O)CCCCCCCCCCCCCCC. The minimum Gasteiger partial charge on any atom is -0.462 e. The summed E-state index contributed by atoms with van der Waals surface area (Å²) in [4.78, 5) is 35.9. The standard InChI is InChI=1S/C39H70O6/c1-4-6-8-10-12-14-16-18-19-21-23-25-27-29-31-33-39(42)45-37(34-43-36(3)40)35-44-38(41)32-30-28-26-24-22-20-17-15-13-11-9-7-5-2/h12,14,19,21,37H,4-11,13,15-18,20,22-35H2,1-3H3/b14-12+,21-19+. The maximum Gasteiger partial charge on any atom is 0.306 e. The Hall–Kier alpha value is -2.11. The van der Waals surface area contributed by atoms with Gasteiger partial charge < -0.3 is 14.2 Å². The summed E-state index contributed by atoms with van der Waals surface area (Å²) < 4.78 is 15.9. The smallest absolute Gasteiger partial charge is 0.306 e. The molecule has 0 amide bonds. The zero-order chi connectivity index (χ0) is 33.1. The van der Waals surface area contributed by atoms with E-state index in [1.54, 1.807) is 0 Å². The summed E-state index contributed by atoms with van der Waals surface area (Å²) in [6, 6.07) is 0. The zero-order valence-electron chi connectivity index (χ0n) is 29.6. The van der Waals surface area contributed by atoms with Gasteiger partial charge in [-0.15, -0.1) is 0 Å². The Bertz CT molecular complexity index is 744. The van der Waals surface area contributed by atoms with Crippen LogP contribution in [0.1, 0.15) is 188 Å². The van der Waals surface area contributed by atoms with E-state index in [1.807, 2.05) is 0 Å². The van der Waals surface area contributed by atoms with Crippen LogP contribution in [0.15, 0.2) is 24.3 Å². The van der Waals surface area contributed by atoms with Gasteiger partial charge in [0.15, 0.2) is 6.10 Å². The summed E-state index contributed by atoms with van der Waals surface area (Å²) in [6.07, 6.45) is 37.6. The fourth-order valence-electron chi connectivity index (χ4n) is 5.18. The zero-order valence-corrected chi connectivity index (χ0v) is 29.6. The molecule has 0 aromatic heterocycles. The monoisotopic (exact) mass is 635 g/mol. The topological polar surface area (TPSA) is 78.9 Å². The van der Waals surface area contributed by atoms with E-state index in [4.69, 9.17) is 14.2 Å². The fraction of sp³-hybridized carbons (Fsp3) is 0.821. The molecule has 0 radical (unpaired) electrons. The number of allylic oxidation sites excluding steroid dienone is 4. The van der Waals surface area contributed by atoms with E-state index < -0.39 is 12.1 Å². The highest BCUT2D eigenvalue weighted by Crippen LogP contribution is 2.14. The minimum absolute atomic E-state index is 0.0860. The predicted molar refractivity (Wildman–Crippen MR) is 187 cm³/mol. The molecule has 6 nitrogen and oxygen atoms in total. The van der Waals surface area contributed by atoms with Crippen molar-refractivity contribution in [2.75, 3.05) is 13.2 Å². The number of carbonyl (C=O) groups is 3.